The SMILES string of the molecule is Cc1ccc(-c2ccccc2-c2cc(Cn3ccnc3)ccn2)cc1C. The summed E-state index contributed by atoms with van der Waals surface area (Å²) in [6.45, 7) is 5.10. The van der Waals surface area contributed by atoms with Crippen LogP contribution in [-0.4, -0.2) is 14.5 Å². The molecule has 0 aliphatic carbocycles. The minimum Gasteiger partial charge on any atom is -0.333 e. The Morgan fingerprint density at radius 1 is 0.846 bits per heavy atom. The summed E-state index contributed by atoms with van der Waals surface area (Å²) in [5.74, 6) is 0. The van der Waals surface area contributed by atoms with Crippen LogP contribution < -0.4 is 0 Å². The van der Waals surface area contributed by atoms with Gasteiger partial charge in [0.25, 0.3) is 0 Å². The Kier molecular flexibility index (Phi) is 4.36. The zero-order chi connectivity index (χ0) is 17.9. The van der Waals surface area contributed by atoms with Gasteiger partial charge in [-0.15, -0.1) is 0 Å². The van der Waals surface area contributed by atoms with Crippen LogP contribution in [0.15, 0.2) is 79.5 Å². The molecule has 0 spiro atoms. The number of nitrogens with zero attached hydrogens (tertiary/aromatic N) is 3. The van der Waals surface area contributed by atoms with Crippen molar-refractivity contribution >= 4 is 0 Å². The summed E-state index contributed by atoms with van der Waals surface area (Å²) in [7, 11) is 0. The molecule has 0 amide bonds. The summed E-state index contributed by atoms with van der Waals surface area (Å²) in [5, 5.41) is 0. The van der Waals surface area contributed by atoms with E-state index in [2.05, 4.69) is 83.0 Å². The summed E-state index contributed by atoms with van der Waals surface area (Å²) in [6.07, 6.45) is 7.50. The topological polar surface area (TPSA) is 30.7 Å². The normalized spacial score (nSPS) is 10.8. The molecular weight excluding hydrogens is 318 g/mol. The number of hydrogen-bond acceptors (Lipinski definition) is 2. The Labute approximate surface area is 154 Å². The van der Waals surface area contributed by atoms with Gasteiger partial charge in [0.1, 0.15) is 0 Å². The van der Waals surface area contributed by atoms with E-state index in [9.17, 15) is 0 Å². The molecule has 4 aromatic rings. The number of aryl methyl sites for hydroxylation is 2. The van der Waals surface area contributed by atoms with Gasteiger partial charge in [-0.1, -0.05) is 42.5 Å². The van der Waals surface area contributed by atoms with Crippen LogP contribution in [0.5, 0.6) is 0 Å². The summed E-state index contributed by atoms with van der Waals surface area (Å²) in [6, 6.07) is 19.3. The van der Waals surface area contributed by atoms with Crippen molar-refractivity contribution in [2.75, 3.05) is 0 Å². The molecule has 0 unspecified atom stereocenters. The first-order chi connectivity index (χ1) is 12.7. The Balaban J connectivity index is 1.75. The Bertz CT molecular complexity index is 1030. The number of imidazole rings is 1. The van der Waals surface area contributed by atoms with Gasteiger partial charge in [-0.3, -0.25) is 4.98 Å². The van der Waals surface area contributed by atoms with E-state index < -0.39 is 0 Å². The van der Waals surface area contributed by atoms with Crippen molar-refractivity contribution in [2.45, 2.75) is 20.4 Å². The largest absolute Gasteiger partial charge is 0.333 e. The Hall–Kier alpha value is -3.20. The quantitative estimate of drug-likeness (QED) is 0.506. The average molecular weight is 339 g/mol. The Morgan fingerprint density at radius 3 is 2.46 bits per heavy atom. The van der Waals surface area contributed by atoms with Crippen LogP contribution in [-0.2, 0) is 6.54 Å². The summed E-state index contributed by atoms with van der Waals surface area (Å²) in [4.78, 5) is 8.76. The Morgan fingerprint density at radius 2 is 1.69 bits per heavy atom. The van der Waals surface area contributed by atoms with Crippen LogP contribution in [0.1, 0.15) is 16.7 Å². The molecule has 3 nitrogen and oxygen atoms in total. The van der Waals surface area contributed by atoms with Gasteiger partial charge in [0.2, 0.25) is 0 Å². The summed E-state index contributed by atoms with van der Waals surface area (Å²) >= 11 is 0. The summed E-state index contributed by atoms with van der Waals surface area (Å²) < 4.78 is 2.06. The third kappa shape index (κ3) is 3.29. The van der Waals surface area contributed by atoms with E-state index >= 15 is 0 Å². The molecule has 0 aliphatic rings. The van der Waals surface area contributed by atoms with E-state index in [-0.39, 0.29) is 0 Å². The molecule has 0 fully saturated rings. The lowest BCUT2D eigenvalue weighted by atomic mass is 9.94. The van der Waals surface area contributed by atoms with Gasteiger partial charge in [-0.2, -0.15) is 0 Å². The molecule has 2 heterocycles. The van der Waals surface area contributed by atoms with Crippen LogP contribution >= 0.6 is 0 Å². The molecule has 2 aromatic heterocycles. The van der Waals surface area contributed by atoms with Crippen molar-refractivity contribution in [2.24, 2.45) is 0 Å². The van der Waals surface area contributed by atoms with Crippen LogP contribution in [0, 0.1) is 13.8 Å². The van der Waals surface area contributed by atoms with Crippen molar-refractivity contribution in [3.05, 3.63) is 96.2 Å². The van der Waals surface area contributed by atoms with Crippen LogP contribution in [0.3, 0.4) is 0 Å². The molecule has 128 valence electrons. The number of benzene rings is 2. The number of pyridine rings is 1. The molecule has 0 saturated carbocycles. The molecule has 2 aromatic carbocycles. The lowest BCUT2D eigenvalue weighted by Gasteiger charge is -2.12. The second-order valence-corrected chi connectivity index (χ2v) is 6.63. The molecule has 0 radical (unpaired) electrons. The number of rotatable bonds is 4. The van der Waals surface area contributed by atoms with Crippen LogP contribution in [0.4, 0.5) is 0 Å². The fraction of sp³-hybridized carbons (Fsp3) is 0.130. The van der Waals surface area contributed by atoms with Crippen molar-refractivity contribution in [1.82, 2.24) is 14.5 Å². The predicted octanol–water partition coefficient (Wildman–Crippen LogP) is 5.28. The van der Waals surface area contributed by atoms with Crippen LogP contribution in [0.25, 0.3) is 22.4 Å². The molecule has 26 heavy (non-hydrogen) atoms. The van der Waals surface area contributed by atoms with Crippen molar-refractivity contribution < 1.29 is 0 Å². The highest BCUT2D eigenvalue weighted by molar-refractivity contribution is 5.82. The van der Waals surface area contributed by atoms with E-state index in [1.165, 1.54) is 27.8 Å². The number of hydrogen-bond donors (Lipinski definition) is 0. The first kappa shape index (κ1) is 16.3. The first-order valence-corrected chi connectivity index (χ1v) is 8.78. The zero-order valence-corrected chi connectivity index (χ0v) is 15.1. The van der Waals surface area contributed by atoms with Crippen LogP contribution in [0.2, 0.25) is 0 Å². The average Bonchev–Trinajstić information content (AvgIpc) is 3.17. The molecule has 0 bridgehead atoms. The fourth-order valence-corrected chi connectivity index (χ4v) is 3.18. The minimum absolute atomic E-state index is 0.793. The maximum Gasteiger partial charge on any atom is 0.0949 e. The standard InChI is InChI=1S/C23H21N3/c1-17-7-8-20(13-18(17)2)21-5-3-4-6-22(21)23-14-19(9-10-25-23)15-26-12-11-24-16-26/h3-14,16H,15H2,1-2H3. The molecule has 0 aliphatic heterocycles. The van der Waals surface area contributed by atoms with Gasteiger partial charge in [0.05, 0.1) is 12.0 Å². The van der Waals surface area contributed by atoms with E-state index in [0.29, 0.717) is 0 Å². The lowest BCUT2D eigenvalue weighted by molar-refractivity contribution is 0.796. The molecule has 0 atom stereocenters. The lowest BCUT2D eigenvalue weighted by Crippen LogP contribution is -1.98. The minimum atomic E-state index is 0.793. The third-order valence-electron chi connectivity index (χ3n) is 4.77. The summed E-state index contributed by atoms with van der Waals surface area (Å²) in [5.41, 5.74) is 8.42. The molecule has 3 heteroatoms. The zero-order valence-electron chi connectivity index (χ0n) is 15.1. The van der Waals surface area contributed by atoms with Crippen molar-refractivity contribution in [3.8, 4) is 22.4 Å². The van der Waals surface area contributed by atoms with E-state index in [4.69, 9.17) is 0 Å². The van der Waals surface area contributed by atoms with E-state index in [1.807, 2.05) is 18.7 Å². The van der Waals surface area contributed by atoms with Gasteiger partial charge in [-0.05, 0) is 53.8 Å². The molecule has 0 N–H and O–H groups in total. The van der Waals surface area contributed by atoms with Crippen molar-refractivity contribution in [3.63, 3.8) is 0 Å². The molecule has 4 rings (SSSR count). The number of aromatic nitrogens is 3. The van der Waals surface area contributed by atoms with Gasteiger partial charge in [0, 0.05) is 30.7 Å². The maximum atomic E-state index is 4.64. The van der Waals surface area contributed by atoms with Gasteiger partial charge >= 0.3 is 0 Å². The highest BCUT2D eigenvalue weighted by Crippen LogP contribution is 2.32. The maximum absolute atomic E-state index is 4.64. The fourth-order valence-electron chi connectivity index (χ4n) is 3.18. The smallest absolute Gasteiger partial charge is 0.0949 e. The monoisotopic (exact) mass is 339 g/mol. The van der Waals surface area contributed by atoms with E-state index in [0.717, 1.165) is 17.8 Å². The molecular formula is C23H21N3. The van der Waals surface area contributed by atoms with Gasteiger partial charge in [0.15, 0.2) is 0 Å². The second-order valence-electron chi connectivity index (χ2n) is 6.63. The van der Waals surface area contributed by atoms with E-state index in [1.54, 1.807) is 6.20 Å². The highest BCUT2D eigenvalue weighted by atomic mass is 15.0. The predicted molar refractivity (Wildman–Crippen MR) is 106 cm³/mol. The van der Waals surface area contributed by atoms with Crippen molar-refractivity contribution in [1.29, 1.82) is 0 Å². The third-order valence-corrected chi connectivity index (χ3v) is 4.77. The molecule has 0 saturated heterocycles. The first-order valence-electron chi connectivity index (χ1n) is 8.78. The highest BCUT2D eigenvalue weighted by Gasteiger charge is 2.09. The van der Waals surface area contributed by atoms with Gasteiger partial charge < -0.3 is 4.57 Å². The van der Waals surface area contributed by atoms with Gasteiger partial charge in [-0.25, -0.2) is 4.98 Å². The second kappa shape index (κ2) is 6.96.